The zero-order valence-electron chi connectivity index (χ0n) is 16.5. The van der Waals surface area contributed by atoms with Crippen LogP contribution >= 0.6 is 0 Å². The zero-order valence-corrected chi connectivity index (χ0v) is 16.5. The van der Waals surface area contributed by atoms with Crippen LogP contribution in [0.1, 0.15) is 52.4 Å². The minimum atomic E-state index is -0.830. The maximum absolute atomic E-state index is 10.9. The third-order valence-corrected chi connectivity index (χ3v) is 8.98. The second-order valence-corrected chi connectivity index (χ2v) is 10.2. The molecule has 26 heavy (non-hydrogen) atoms. The maximum Gasteiger partial charge on any atom is 0.105 e. The van der Waals surface area contributed by atoms with Crippen molar-refractivity contribution >= 4 is 0 Å². The number of fused-ring (bicyclic) bond motifs is 1. The molecule has 4 heteroatoms. The van der Waals surface area contributed by atoms with E-state index in [0.717, 1.165) is 37.2 Å². The van der Waals surface area contributed by atoms with Crippen LogP contribution in [0.25, 0.3) is 0 Å². The molecule has 2 bridgehead atoms. The molecule has 0 aromatic heterocycles. The van der Waals surface area contributed by atoms with E-state index in [4.69, 9.17) is 4.74 Å². The van der Waals surface area contributed by atoms with Gasteiger partial charge in [0.1, 0.15) is 6.10 Å². The van der Waals surface area contributed by atoms with Gasteiger partial charge in [0, 0.05) is 6.04 Å². The van der Waals surface area contributed by atoms with Gasteiger partial charge in [0.05, 0.1) is 17.3 Å². The highest BCUT2D eigenvalue weighted by atomic mass is 16.5. The maximum atomic E-state index is 10.9. The summed E-state index contributed by atoms with van der Waals surface area (Å²) in [5.41, 5.74) is 1.98. The summed E-state index contributed by atoms with van der Waals surface area (Å²) in [4.78, 5) is 2.04. The lowest BCUT2D eigenvalue weighted by Crippen LogP contribution is -2.62. The minimum absolute atomic E-state index is 0.0692. The number of hydrogen-bond acceptors (Lipinski definition) is 4. The number of allylic oxidation sites excluding steroid dienone is 1. The van der Waals surface area contributed by atoms with Crippen molar-refractivity contribution in [2.45, 2.75) is 81.8 Å². The monoisotopic (exact) mass is 359 g/mol. The van der Waals surface area contributed by atoms with Gasteiger partial charge >= 0.3 is 0 Å². The summed E-state index contributed by atoms with van der Waals surface area (Å²) >= 11 is 0. The summed E-state index contributed by atoms with van der Waals surface area (Å²) in [5, 5.41) is 21.6. The molecule has 0 aromatic rings. The highest BCUT2D eigenvalue weighted by molar-refractivity contribution is 5.49. The van der Waals surface area contributed by atoms with Crippen molar-refractivity contribution in [1.82, 2.24) is 4.90 Å². The van der Waals surface area contributed by atoms with E-state index in [9.17, 15) is 10.2 Å². The van der Waals surface area contributed by atoms with Crippen molar-refractivity contribution in [3.63, 3.8) is 0 Å². The Labute approximate surface area is 156 Å². The first-order valence-corrected chi connectivity index (χ1v) is 10.4. The molecule has 2 saturated carbocycles. The van der Waals surface area contributed by atoms with Gasteiger partial charge in [0.15, 0.2) is 0 Å². The van der Waals surface area contributed by atoms with E-state index in [2.05, 4.69) is 26.0 Å². The normalized spacial score (nSPS) is 55.1. The van der Waals surface area contributed by atoms with Crippen LogP contribution in [0.3, 0.4) is 0 Å². The van der Waals surface area contributed by atoms with Crippen LogP contribution in [-0.4, -0.2) is 58.7 Å². The van der Waals surface area contributed by atoms with E-state index < -0.39 is 17.8 Å². The van der Waals surface area contributed by atoms with E-state index in [1.807, 2.05) is 19.0 Å². The summed E-state index contributed by atoms with van der Waals surface area (Å²) in [7, 11) is 3.97. The van der Waals surface area contributed by atoms with Crippen molar-refractivity contribution in [3.05, 3.63) is 23.3 Å². The summed E-state index contributed by atoms with van der Waals surface area (Å²) in [5.74, 6) is 1.31. The first kappa shape index (κ1) is 17.4. The molecule has 5 aliphatic rings. The molecule has 2 heterocycles. The molecule has 2 aliphatic heterocycles. The van der Waals surface area contributed by atoms with Gasteiger partial charge in [0.25, 0.3) is 0 Å². The quantitative estimate of drug-likeness (QED) is 0.756. The van der Waals surface area contributed by atoms with Crippen LogP contribution in [0.15, 0.2) is 23.3 Å². The fourth-order valence-electron chi connectivity index (χ4n) is 7.16. The van der Waals surface area contributed by atoms with Crippen molar-refractivity contribution in [3.8, 4) is 0 Å². The Bertz CT molecular complexity index is 700. The Balaban J connectivity index is 1.62. The topological polar surface area (TPSA) is 52.9 Å². The van der Waals surface area contributed by atoms with Gasteiger partial charge in [-0.2, -0.15) is 0 Å². The lowest BCUT2D eigenvalue weighted by molar-refractivity contribution is -0.166. The van der Waals surface area contributed by atoms with Gasteiger partial charge in [-0.25, -0.2) is 0 Å². The number of ether oxygens (including phenoxy) is 1. The number of likely N-dealkylation sites (N-methyl/N-ethyl adjacent to an activating group) is 1. The Morgan fingerprint density at radius 3 is 2.69 bits per heavy atom. The molecule has 0 aromatic carbocycles. The van der Waals surface area contributed by atoms with Gasteiger partial charge < -0.3 is 19.8 Å². The first-order chi connectivity index (χ1) is 12.2. The molecule has 1 saturated heterocycles. The predicted octanol–water partition coefficient (Wildman–Crippen LogP) is 2.65. The number of rotatable bonds is 1. The Kier molecular flexibility index (Phi) is 3.50. The van der Waals surface area contributed by atoms with Crippen LogP contribution < -0.4 is 0 Å². The fraction of sp³-hybridized carbons (Fsp3) is 0.818. The molecule has 2 N–H and O–H groups in total. The summed E-state index contributed by atoms with van der Waals surface area (Å²) < 4.78 is 7.07. The summed E-state index contributed by atoms with van der Waals surface area (Å²) in [6, 6.07) is -0.0692. The Hall–Kier alpha value is -0.680. The van der Waals surface area contributed by atoms with Gasteiger partial charge in [0.2, 0.25) is 0 Å². The largest absolute Gasteiger partial charge is 0.388 e. The molecule has 3 aliphatic carbocycles. The predicted molar refractivity (Wildman–Crippen MR) is 101 cm³/mol. The lowest BCUT2D eigenvalue weighted by Gasteiger charge is -2.56. The van der Waals surface area contributed by atoms with Crippen molar-refractivity contribution < 1.29 is 14.9 Å². The molecule has 0 radical (unpaired) electrons. The smallest absolute Gasteiger partial charge is 0.105 e. The second-order valence-electron chi connectivity index (χ2n) is 10.2. The number of nitrogens with zero attached hydrogens (tertiary/aromatic N) is 1. The van der Waals surface area contributed by atoms with Crippen LogP contribution in [0.5, 0.6) is 0 Å². The van der Waals surface area contributed by atoms with E-state index in [1.165, 1.54) is 18.4 Å². The SMILES string of the molecule is C[C@H]1CC[C@@H]2[C@]1(C)CC=C1C=C3[C@@H](O)[C@H](O)[C@@H](N(C)C)C[C@]34CC[C@@]12O4. The zero-order chi connectivity index (χ0) is 18.5. The third kappa shape index (κ3) is 1.89. The molecule has 8 atom stereocenters. The molecule has 2 spiro atoms. The lowest BCUT2D eigenvalue weighted by atomic mass is 9.59. The minimum Gasteiger partial charge on any atom is -0.388 e. The van der Waals surface area contributed by atoms with Crippen molar-refractivity contribution in [2.24, 2.45) is 17.3 Å². The first-order valence-electron chi connectivity index (χ1n) is 10.4. The average Bonchev–Trinajstić information content (AvgIpc) is 3.07. The van der Waals surface area contributed by atoms with Gasteiger partial charge in [-0.1, -0.05) is 26.0 Å². The van der Waals surface area contributed by atoms with E-state index in [0.29, 0.717) is 11.3 Å². The van der Waals surface area contributed by atoms with Gasteiger partial charge in [-0.15, -0.1) is 0 Å². The van der Waals surface area contributed by atoms with Crippen molar-refractivity contribution in [2.75, 3.05) is 14.1 Å². The number of aliphatic hydroxyl groups is 2. The second kappa shape index (κ2) is 5.22. The van der Waals surface area contributed by atoms with E-state index in [1.54, 1.807) is 0 Å². The number of aliphatic hydroxyl groups excluding tert-OH is 2. The standard InChI is InChI=1S/C22H33NO3/c1-13-5-6-17-20(13,2)8-7-14-11-15-18(24)19(25)16(23(3)4)12-21(15)9-10-22(14,17)26-21/h7,11,13,16-19,24-25H,5-6,8-10,12H2,1-4H3/t13-,16-,17+,18+,19+,20+,21+,22+/m0/s1. The molecule has 0 unspecified atom stereocenters. The Morgan fingerprint density at radius 1 is 1.19 bits per heavy atom. The van der Waals surface area contributed by atoms with Crippen LogP contribution in [0.4, 0.5) is 0 Å². The number of hydrogen-bond donors (Lipinski definition) is 2. The molecular formula is C22H33NO3. The molecule has 0 amide bonds. The summed E-state index contributed by atoms with van der Waals surface area (Å²) in [6.45, 7) is 4.88. The fourth-order valence-corrected chi connectivity index (χ4v) is 7.16. The highest BCUT2D eigenvalue weighted by Gasteiger charge is 2.67. The molecule has 3 fully saturated rings. The van der Waals surface area contributed by atoms with E-state index in [-0.39, 0.29) is 11.6 Å². The van der Waals surface area contributed by atoms with Crippen molar-refractivity contribution in [1.29, 1.82) is 0 Å². The van der Waals surface area contributed by atoms with E-state index >= 15 is 0 Å². The summed E-state index contributed by atoms with van der Waals surface area (Å²) in [6.07, 6.45) is 9.46. The molecule has 4 nitrogen and oxygen atoms in total. The third-order valence-electron chi connectivity index (χ3n) is 8.98. The van der Waals surface area contributed by atoms with Gasteiger partial charge in [-0.3, -0.25) is 0 Å². The average molecular weight is 360 g/mol. The van der Waals surface area contributed by atoms with Crippen LogP contribution in [0, 0.1) is 17.3 Å². The van der Waals surface area contributed by atoms with Gasteiger partial charge in [-0.05, 0) is 81.0 Å². The molecule has 5 rings (SSSR count). The van der Waals surface area contributed by atoms with Crippen LogP contribution in [0.2, 0.25) is 0 Å². The highest BCUT2D eigenvalue weighted by Crippen LogP contribution is 2.67. The molecular weight excluding hydrogens is 326 g/mol. The molecule has 144 valence electrons. The Morgan fingerprint density at radius 2 is 1.96 bits per heavy atom. The van der Waals surface area contributed by atoms with Crippen LogP contribution in [-0.2, 0) is 4.74 Å².